The molecule has 1 atom stereocenters. The van der Waals surface area contributed by atoms with Gasteiger partial charge in [-0.15, -0.1) is 5.10 Å². The highest BCUT2D eigenvalue weighted by Crippen LogP contribution is 2.28. The van der Waals surface area contributed by atoms with Gasteiger partial charge in [0.2, 0.25) is 10.1 Å². The first-order valence-electron chi connectivity index (χ1n) is 8.71. The van der Waals surface area contributed by atoms with Crippen LogP contribution in [0.3, 0.4) is 0 Å². The molecule has 0 N–H and O–H groups in total. The van der Waals surface area contributed by atoms with Crippen molar-refractivity contribution in [3.05, 3.63) is 53.9 Å². The predicted octanol–water partition coefficient (Wildman–Crippen LogP) is 3.21. The van der Waals surface area contributed by atoms with Gasteiger partial charge < -0.3 is 9.64 Å². The van der Waals surface area contributed by atoms with E-state index >= 15 is 0 Å². The van der Waals surface area contributed by atoms with Crippen molar-refractivity contribution in [2.45, 2.75) is 12.6 Å². The van der Waals surface area contributed by atoms with Crippen LogP contribution >= 0.6 is 22.9 Å². The number of benzene rings is 1. The van der Waals surface area contributed by atoms with Crippen LogP contribution in [0.15, 0.2) is 48.9 Å². The fourth-order valence-corrected chi connectivity index (χ4v) is 4.24. The standard InChI is InChI=1S/C18H17ClN6OS/c19-14-4-2-13(3-5-14)16-12-25-17(21-16)27-18(22-25)23-8-9-26-15(10-23)11-24-7-1-6-20-24/h1-7,12,15H,8-11H2. The average Bonchev–Trinajstić information content (AvgIpc) is 3.39. The zero-order chi connectivity index (χ0) is 18.2. The maximum Gasteiger partial charge on any atom is 0.214 e. The number of nitrogens with zero attached hydrogens (tertiary/aromatic N) is 6. The third kappa shape index (κ3) is 3.43. The molecule has 1 aliphatic rings. The van der Waals surface area contributed by atoms with Crippen LogP contribution in [-0.2, 0) is 11.3 Å². The molecule has 138 valence electrons. The minimum atomic E-state index is 0.0968. The van der Waals surface area contributed by atoms with Gasteiger partial charge in [0, 0.05) is 36.1 Å². The second kappa shape index (κ2) is 6.95. The fraction of sp³-hybridized carbons (Fsp3) is 0.278. The van der Waals surface area contributed by atoms with Crippen molar-refractivity contribution in [3.8, 4) is 11.3 Å². The molecule has 0 bridgehead atoms. The van der Waals surface area contributed by atoms with E-state index < -0.39 is 0 Å². The minimum absolute atomic E-state index is 0.0968. The van der Waals surface area contributed by atoms with E-state index in [2.05, 4.69) is 10.00 Å². The van der Waals surface area contributed by atoms with Gasteiger partial charge in [0.25, 0.3) is 0 Å². The Kier molecular flexibility index (Phi) is 4.31. The molecular weight excluding hydrogens is 384 g/mol. The van der Waals surface area contributed by atoms with Gasteiger partial charge in [-0.2, -0.15) is 5.10 Å². The summed E-state index contributed by atoms with van der Waals surface area (Å²) in [5.74, 6) is 0. The average molecular weight is 401 g/mol. The van der Waals surface area contributed by atoms with Crippen LogP contribution in [0.25, 0.3) is 16.2 Å². The number of fused-ring (bicyclic) bond motifs is 1. The molecule has 4 aromatic rings. The molecule has 4 heterocycles. The normalized spacial score (nSPS) is 17.7. The van der Waals surface area contributed by atoms with Crippen molar-refractivity contribution in [2.75, 3.05) is 24.6 Å². The summed E-state index contributed by atoms with van der Waals surface area (Å²) in [5, 5.41) is 10.7. The van der Waals surface area contributed by atoms with Gasteiger partial charge in [-0.1, -0.05) is 35.1 Å². The van der Waals surface area contributed by atoms with Crippen LogP contribution in [0, 0.1) is 0 Å². The zero-order valence-electron chi connectivity index (χ0n) is 14.4. The molecular formula is C18H17ClN6OS. The van der Waals surface area contributed by atoms with Gasteiger partial charge in [-0.25, -0.2) is 9.50 Å². The first kappa shape index (κ1) is 16.7. The highest BCUT2D eigenvalue weighted by molar-refractivity contribution is 7.20. The van der Waals surface area contributed by atoms with Crippen LogP contribution in [0.1, 0.15) is 0 Å². The van der Waals surface area contributed by atoms with Crippen LogP contribution in [-0.4, -0.2) is 50.2 Å². The molecule has 1 saturated heterocycles. The van der Waals surface area contributed by atoms with Gasteiger partial charge in [0.15, 0.2) is 0 Å². The summed E-state index contributed by atoms with van der Waals surface area (Å²) in [5.41, 5.74) is 1.93. The lowest BCUT2D eigenvalue weighted by atomic mass is 10.2. The minimum Gasteiger partial charge on any atom is -0.373 e. The summed E-state index contributed by atoms with van der Waals surface area (Å²) in [6.45, 7) is 3.05. The first-order valence-corrected chi connectivity index (χ1v) is 9.90. The van der Waals surface area contributed by atoms with Gasteiger partial charge in [-0.3, -0.25) is 4.68 Å². The Balaban J connectivity index is 1.34. The molecule has 1 aromatic carbocycles. The van der Waals surface area contributed by atoms with Crippen molar-refractivity contribution < 1.29 is 4.74 Å². The number of ether oxygens (including phenoxy) is 1. The van der Waals surface area contributed by atoms with E-state index in [9.17, 15) is 0 Å². The summed E-state index contributed by atoms with van der Waals surface area (Å²) in [4.78, 5) is 7.85. The molecule has 9 heteroatoms. The third-order valence-corrected chi connectivity index (χ3v) is 5.77. The maximum absolute atomic E-state index is 5.96. The Labute approximate surface area is 164 Å². The topological polar surface area (TPSA) is 60.5 Å². The second-order valence-electron chi connectivity index (χ2n) is 6.41. The molecule has 0 amide bonds. The monoisotopic (exact) mass is 400 g/mol. The summed E-state index contributed by atoms with van der Waals surface area (Å²) in [7, 11) is 0. The van der Waals surface area contributed by atoms with E-state index in [0.29, 0.717) is 6.61 Å². The molecule has 1 fully saturated rings. The number of halogens is 1. The summed E-state index contributed by atoms with van der Waals surface area (Å²) in [6.07, 6.45) is 5.80. The lowest BCUT2D eigenvalue weighted by Gasteiger charge is -2.32. The molecule has 1 aliphatic heterocycles. The number of rotatable bonds is 4. The number of hydrogen-bond donors (Lipinski definition) is 0. The molecule has 5 rings (SSSR count). The lowest BCUT2D eigenvalue weighted by molar-refractivity contribution is 0.0274. The zero-order valence-corrected chi connectivity index (χ0v) is 16.0. The largest absolute Gasteiger partial charge is 0.373 e. The van der Waals surface area contributed by atoms with E-state index in [1.54, 1.807) is 17.5 Å². The number of imidazole rings is 1. The van der Waals surface area contributed by atoms with Gasteiger partial charge in [-0.05, 0) is 18.2 Å². The summed E-state index contributed by atoms with van der Waals surface area (Å²) < 4.78 is 9.64. The predicted molar refractivity (Wildman–Crippen MR) is 105 cm³/mol. The highest BCUT2D eigenvalue weighted by atomic mass is 35.5. The van der Waals surface area contributed by atoms with Crippen LogP contribution in [0.4, 0.5) is 5.13 Å². The smallest absolute Gasteiger partial charge is 0.214 e. The maximum atomic E-state index is 5.96. The molecule has 7 nitrogen and oxygen atoms in total. The van der Waals surface area contributed by atoms with Gasteiger partial charge >= 0.3 is 0 Å². The second-order valence-corrected chi connectivity index (χ2v) is 7.78. The molecule has 0 spiro atoms. The number of morpholine rings is 1. The van der Waals surface area contributed by atoms with Crippen molar-refractivity contribution in [2.24, 2.45) is 0 Å². The Hall–Kier alpha value is -2.42. The quantitative estimate of drug-likeness (QED) is 0.526. The molecule has 1 unspecified atom stereocenters. The number of hydrogen-bond acceptors (Lipinski definition) is 6. The number of aromatic nitrogens is 5. The van der Waals surface area contributed by atoms with E-state index in [1.807, 2.05) is 51.9 Å². The van der Waals surface area contributed by atoms with E-state index in [4.69, 9.17) is 26.4 Å². The van der Waals surface area contributed by atoms with E-state index in [0.717, 1.165) is 46.0 Å². The molecule has 3 aromatic heterocycles. The van der Waals surface area contributed by atoms with Gasteiger partial charge in [0.05, 0.1) is 31.1 Å². The van der Waals surface area contributed by atoms with Gasteiger partial charge in [0.1, 0.15) is 0 Å². The molecule has 0 aliphatic carbocycles. The van der Waals surface area contributed by atoms with Crippen molar-refractivity contribution >= 4 is 33.0 Å². The van der Waals surface area contributed by atoms with E-state index in [-0.39, 0.29) is 6.10 Å². The van der Waals surface area contributed by atoms with E-state index in [1.165, 1.54) is 0 Å². The highest BCUT2D eigenvalue weighted by Gasteiger charge is 2.24. The molecule has 0 radical (unpaired) electrons. The fourth-order valence-electron chi connectivity index (χ4n) is 3.20. The SMILES string of the molecule is Clc1ccc(-c2cn3nc(N4CCOC(Cn5cccn5)C4)sc3n2)cc1. The lowest BCUT2D eigenvalue weighted by Crippen LogP contribution is -2.44. The molecule has 0 saturated carbocycles. The first-order chi connectivity index (χ1) is 13.2. The van der Waals surface area contributed by atoms with Crippen molar-refractivity contribution in [1.82, 2.24) is 24.4 Å². The Bertz CT molecular complexity index is 1010. The van der Waals surface area contributed by atoms with Crippen molar-refractivity contribution in [1.29, 1.82) is 0 Å². The molecule has 27 heavy (non-hydrogen) atoms. The third-order valence-electron chi connectivity index (χ3n) is 4.53. The summed E-state index contributed by atoms with van der Waals surface area (Å²) in [6, 6.07) is 9.61. The Morgan fingerprint density at radius 2 is 2.15 bits per heavy atom. The van der Waals surface area contributed by atoms with Crippen LogP contribution in [0.5, 0.6) is 0 Å². The summed E-state index contributed by atoms with van der Waals surface area (Å²) >= 11 is 7.56. The van der Waals surface area contributed by atoms with Crippen molar-refractivity contribution in [3.63, 3.8) is 0 Å². The Morgan fingerprint density at radius 1 is 1.26 bits per heavy atom. The Morgan fingerprint density at radius 3 is 2.93 bits per heavy atom. The number of anilines is 1. The van der Waals surface area contributed by atoms with Crippen LogP contribution in [0.2, 0.25) is 5.02 Å². The van der Waals surface area contributed by atoms with Crippen LogP contribution < -0.4 is 4.90 Å².